The average molecular weight is 343 g/mol. The average Bonchev–Trinajstić information content (AvgIpc) is 3.08. The molecule has 0 aliphatic carbocycles. The highest BCUT2D eigenvalue weighted by Gasteiger charge is 2.15. The maximum absolute atomic E-state index is 12.2. The normalized spacial score (nSPS) is 10.5. The second-order valence-electron chi connectivity index (χ2n) is 4.67. The first-order valence-electron chi connectivity index (χ1n) is 6.97. The van der Waals surface area contributed by atoms with Gasteiger partial charge in [-0.25, -0.2) is 4.98 Å². The van der Waals surface area contributed by atoms with Gasteiger partial charge in [0.2, 0.25) is 11.7 Å². The fraction of sp³-hybridized carbons (Fsp3) is 0.133. The Balaban J connectivity index is 1.71. The smallest absolute Gasteiger partial charge is 0.259 e. The number of rotatable bonds is 5. The van der Waals surface area contributed by atoms with Gasteiger partial charge in [0.25, 0.3) is 11.5 Å². The number of hydrogen-bond donors (Lipinski definition) is 2. The fourth-order valence-corrected chi connectivity index (χ4v) is 2.56. The van der Waals surface area contributed by atoms with E-state index >= 15 is 0 Å². The van der Waals surface area contributed by atoms with Crippen LogP contribution in [0.15, 0.2) is 51.0 Å². The van der Waals surface area contributed by atoms with Crippen molar-refractivity contribution in [1.82, 2.24) is 25.4 Å². The van der Waals surface area contributed by atoms with Crippen LogP contribution in [0.1, 0.15) is 16.2 Å². The number of pyridine rings is 2. The summed E-state index contributed by atoms with van der Waals surface area (Å²) < 4.78 is 5.07. The Hall–Kier alpha value is -2.94. The number of thioether (sulfide) groups is 1. The summed E-state index contributed by atoms with van der Waals surface area (Å²) in [6, 6.07) is 6.64. The number of carbonyl (C=O) groups is 1. The number of aromatic amines is 1. The fourth-order valence-electron chi connectivity index (χ4n) is 2.01. The van der Waals surface area contributed by atoms with E-state index in [-0.39, 0.29) is 29.7 Å². The zero-order valence-electron chi connectivity index (χ0n) is 12.6. The third-order valence-corrected chi connectivity index (χ3v) is 3.85. The van der Waals surface area contributed by atoms with Gasteiger partial charge in [0.05, 0.1) is 17.7 Å². The summed E-state index contributed by atoms with van der Waals surface area (Å²) in [5.41, 5.74) is 0.467. The van der Waals surface area contributed by atoms with Crippen LogP contribution in [0, 0.1) is 0 Å². The van der Waals surface area contributed by atoms with E-state index in [0.717, 1.165) is 0 Å². The number of H-pyrrole nitrogens is 1. The van der Waals surface area contributed by atoms with Gasteiger partial charge in [-0.3, -0.25) is 9.59 Å². The Morgan fingerprint density at radius 3 is 3.04 bits per heavy atom. The molecule has 3 rings (SSSR count). The van der Waals surface area contributed by atoms with E-state index in [9.17, 15) is 9.59 Å². The van der Waals surface area contributed by atoms with Gasteiger partial charge in [0, 0.05) is 12.4 Å². The van der Waals surface area contributed by atoms with Crippen LogP contribution in [0.4, 0.5) is 0 Å². The summed E-state index contributed by atoms with van der Waals surface area (Å²) in [7, 11) is 0. The minimum atomic E-state index is -0.311. The van der Waals surface area contributed by atoms with Crippen LogP contribution in [-0.2, 0) is 6.54 Å². The molecule has 0 radical (unpaired) electrons. The molecule has 24 heavy (non-hydrogen) atoms. The quantitative estimate of drug-likeness (QED) is 0.674. The van der Waals surface area contributed by atoms with Gasteiger partial charge in [0.15, 0.2) is 0 Å². The summed E-state index contributed by atoms with van der Waals surface area (Å²) in [6.07, 6.45) is 5.00. The number of carbonyl (C=O) groups excluding carboxylic acids is 1. The third kappa shape index (κ3) is 3.35. The lowest BCUT2D eigenvalue weighted by Gasteiger charge is -2.05. The first-order valence-corrected chi connectivity index (χ1v) is 8.19. The predicted molar refractivity (Wildman–Crippen MR) is 87.5 cm³/mol. The van der Waals surface area contributed by atoms with Crippen molar-refractivity contribution < 1.29 is 9.32 Å². The van der Waals surface area contributed by atoms with Crippen LogP contribution in [0.5, 0.6) is 0 Å². The number of aromatic nitrogens is 4. The lowest BCUT2D eigenvalue weighted by molar-refractivity contribution is 0.0942. The van der Waals surface area contributed by atoms with Crippen LogP contribution in [0.25, 0.3) is 11.4 Å². The molecule has 0 saturated carbocycles. The largest absolute Gasteiger partial charge is 0.343 e. The Kier molecular flexibility index (Phi) is 4.71. The topological polar surface area (TPSA) is 114 Å². The molecule has 0 atom stereocenters. The first-order chi connectivity index (χ1) is 11.7. The van der Waals surface area contributed by atoms with E-state index < -0.39 is 0 Å². The van der Waals surface area contributed by atoms with Crippen molar-refractivity contribution in [3.63, 3.8) is 0 Å². The summed E-state index contributed by atoms with van der Waals surface area (Å²) in [6.45, 7) is 0.0548. The molecular formula is C15H13N5O3S. The molecule has 0 unspecified atom stereocenters. The van der Waals surface area contributed by atoms with Crippen LogP contribution < -0.4 is 10.9 Å². The molecule has 3 aromatic heterocycles. The maximum atomic E-state index is 12.2. The van der Waals surface area contributed by atoms with Crippen molar-refractivity contribution in [3.8, 4) is 11.4 Å². The van der Waals surface area contributed by atoms with Crippen molar-refractivity contribution in [3.05, 3.63) is 58.5 Å². The van der Waals surface area contributed by atoms with E-state index in [1.54, 1.807) is 30.5 Å². The monoisotopic (exact) mass is 343 g/mol. The molecule has 3 heterocycles. The van der Waals surface area contributed by atoms with Crippen LogP contribution in [-0.4, -0.2) is 32.3 Å². The first kappa shape index (κ1) is 15.9. The van der Waals surface area contributed by atoms with Crippen molar-refractivity contribution in [2.45, 2.75) is 11.6 Å². The molecule has 3 aromatic rings. The molecule has 0 aliphatic rings. The Labute approximate surface area is 140 Å². The van der Waals surface area contributed by atoms with Gasteiger partial charge < -0.3 is 14.8 Å². The standard InChI is InChI=1S/C15H13N5O3S/c1-24-15-10(5-3-7-17-15)14(22)18-8-11-19-12(20-23-11)9-4-2-6-16-13(9)21/h2-7H,8H2,1H3,(H,16,21)(H,18,22). The molecule has 1 amide bonds. The van der Waals surface area contributed by atoms with E-state index in [2.05, 4.69) is 25.4 Å². The van der Waals surface area contributed by atoms with Gasteiger partial charge in [-0.1, -0.05) is 5.16 Å². The lowest BCUT2D eigenvalue weighted by Crippen LogP contribution is -2.23. The Morgan fingerprint density at radius 1 is 1.38 bits per heavy atom. The highest BCUT2D eigenvalue weighted by Crippen LogP contribution is 2.16. The molecule has 122 valence electrons. The summed E-state index contributed by atoms with van der Waals surface area (Å²) >= 11 is 1.39. The molecule has 0 spiro atoms. The number of nitrogens with one attached hydrogen (secondary N) is 2. The molecule has 0 fully saturated rings. The van der Waals surface area contributed by atoms with Gasteiger partial charge in [-0.05, 0) is 30.5 Å². The molecule has 0 saturated heterocycles. The molecule has 0 aliphatic heterocycles. The summed E-state index contributed by atoms with van der Waals surface area (Å²) in [5.74, 6) is 0.0910. The zero-order valence-corrected chi connectivity index (χ0v) is 13.5. The van der Waals surface area contributed by atoms with Crippen LogP contribution in [0.3, 0.4) is 0 Å². The lowest BCUT2D eigenvalue weighted by atomic mass is 10.2. The maximum Gasteiger partial charge on any atom is 0.259 e. The van der Waals surface area contributed by atoms with Crippen LogP contribution in [0.2, 0.25) is 0 Å². The summed E-state index contributed by atoms with van der Waals surface area (Å²) in [4.78, 5) is 34.7. The second-order valence-corrected chi connectivity index (χ2v) is 5.46. The SMILES string of the molecule is CSc1ncccc1C(=O)NCc1nc(-c2ccc[nH]c2=O)no1. The Morgan fingerprint density at radius 2 is 2.25 bits per heavy atom. The highest BCUT2D eigenvalue weighted by molar-refractivity contribution is 7.98. The highest BCUT2D eigenvalue weighted by atomic mass is 32.2. The number of amides is 1. The summed E-state index contributed by atoms with van der Waals surface area (Å²) in [5, 5.41) is 7.09. The zero-order chi connectivity index (χ0) is 16.9. The van der Waals surface area contributed by atoms with Crippen molar-refractivity contribution in [1.29, 1.82) is 0 Å². The van der Waals surface area contributed by atoms with Gasteiger partial charge >= 0.3 is 0 Å². The molecule has 0 aromatic carbocycles. The Bertz CT molecular complexity index is 921. The molecule has 9 heteroatoms. The van der Waals surface area contributed by atoms with E-state index in [1.807, 2.05) is 6.26 Å². The van der Waals surface area contributed by atoms with Gasteiger partial charge in [0.1, 0.15) is 5.03 Å². The minimum absolute atomic E-state index is 0.0548. The second kappa shape index (κ2) is 7.09. The van der Waals surface area contributed by atoms with Crippen LogP contribution >= 0.6 is 11.8 Å². The molecular weight excluding hydrogens is 330 g/mol. The van der Waals surface area contributed by atoms with E-state index in [4.69, 9.17) is 4.52 Å². The van der Waals surface area contributed by atoms with Gasteiger partial charge in [-0.15, -0.1) is 11.8 Å². The number of nitrogens with zero attached hydrogens (tertiary/aromatic N) is 3. The minimum Gasteiger partial charge on any atom is -0.343 e. The molecule has 0 bridgehead atoms. The molecule has 8 nitrogen and oxygen atoms in total. The molecule has 2 N–H and O–H groups in total. The van der Waals surface area contributed by atoms with Crippen molar-refractivity contribution in [2.24, 2.45) is 0 Å². The van der Waals surface area contributed by atoms with Gasteiger partial charge in [-0.2, -0.15) is 4.98 Å². The van der Waals surface area contributed by atoms with E-state index in [0.29, 0.717) is 16.2 Å². The number of hydrogen-bond acceptors (Lipinski definition) is 7. The van der Waals surface area contributed by atoms with E-state index in [1.165, 1.54) is 18.0 Å². The van der Waals surface area contributed by atoms with Crippen molar-refractivity contribution >= 4 is 17.7 Å². The van der Waals surface area contributed by atoms with Crippen molar-refractivity contribution in [2.75, 3.05) is 6.26 Å². The third-order valence-electron chi connectivity index (χ3n) is 3.14. The predicted octanol–water partition coefficient (Wildman–Crippen LogP) is 1.47.